The van der Waals surface area contributed by atoms with Crippen LogP contribution in [-0.4, -0.2) is 36.7 Å². The highest BCUT2D eigenvalue weighted by molar-refractivity contribution is 7.99. The lowest BCUT2D eigenvalue weighted by atomic mass is 10.2. The summed E-state index contributed by atoms with van der Waals surface area (Å²) in [7, 11) is 0. The third kappa shape index (κ3) is 3.49. The Balaban J connectivity index is 2.82. The van der Waals surface area contributed by atoms with E-state index in [4.69, 9.17) is 10.2 Å². The van der Waals surface area contributed by atoms with Gasteiger partial charge in [0, 0.05) is 6.54 Å². The molecule has 1 aromatic rings. The predicted molar refractivity (Wildman–Crippen MR) is 59.1 cm³/mol. The molecule has 0 amide bonds. The van der Waals surface area contributed by atoms with Gasteiger partial charge in [-0.25, -0.2) is 0 Å². The molecule has 2 N–H and O–H groups in total. The van der Waals surface area contributed by atoms with Crippen LogP contribution in [-0.2, 0) is 17.9 Å². The Bertz CT molecular complexity index is 365. The summed E-state index contributed by atoms with van der Waals surface area (Å²) in [5.41, 5.74) is 0. The van der Waals surface area contributed by atoms with Gasteiger partial charge in [-0.05, 0) is 5.92 Å². The van der Waals surface area contributed by atoms with Crippen LogP contribution >= 0.6 is 11.8 Å². The van der Waals surface area contributed by atoms with Gasteiger partial charge in [0.1, 0.15) is 6.61 Å². The predicted octanol–water partition coefficient (Wildman–Crippen LogP) is 0.603. The van der Waals surface area contributed by atoms with Crippen molar-refractivity contribution >= 4 is 17.7 Å². The highest BCUT2D eigenvalue weighted by Gasteiger charge is 2.13. The number of nitrogens with zero attached hydrogens (tertiary/aromatic N) is 3. The molecule has 0 fully saturated rings. The van der Waals surface area contributed by atoms with Gasteiger partial charge in [-0.1, -0.05) is 25.6 Å². The Morgan fingerprint density at radius 1 is 1.50 bits per heavy atom. The number of aromatic nitrogens is 3. The summed E-state index contributed by atoms with van der Waals surface area (Å²) in [5, 5.41) is 25.9. The molecule has 1 aromatic heterocycles. The van der Waals surface area contributed by atoms with Crippen LogP contribution < -0.4 is 0 Å². The highest BCUT2D eigenvalue weighted by atomic mass is 32.2. The van der Waals surface area contributed by atoms with Crippen LogP contribution in [0.5, 0.6) is 0 Å². The molecule has 0 aliphatic heterocycles. The molecule has 0 saturated heterocycles. The van der Waals surface area contributed by atoms with E-state index in [1.54, 1.807) is 4.57 Å². The molecule has 90 valence electrons. The summed E-state index contributed by atoms with van der Waals surface area (Å²) in [5.74, 6) is -0.0940. The van der Waals surface area contributed by atoms with Crippen LogP contribution in [0.2, 0.25) is 0 Å². The largest absolute Gasteiger partial charge is 0.481 e. The molecule has 0 aromatic carbocycles. The summed E-state index contributed by atoms with van der Waals surface area (Å²) < 4.78 is 1.76. The van der Waals surface area contributed by atoms with E-state index in [9.17, 15) is 4.79 Å². The van der Waals surface area contributed by atoms with E-state index in [-0.39, 0.29) is 12.4 Å². The summed E-state index contributed by atoms with van der Waals surface area (Å²) >= 11 is 1.11. The SMILES string of the molecule is CC(C)Cn1c(CO)nnc1SCC(=O)O. The van der Waals surface area contributed by atoms with Crippen molar-refractivity contribution in [3.05, 3.63) is 5.82 Å². The van der Waals surface area contributed by atoms with E-state index >= 15 is 0 Å². The maximum absolute atomic E-state index is 10.5. The molecule has 0 aliphatic rings. The molecule has 0 atom stereocenters. The average molecular weight is 245 g/mol. The molecule has 16 heavy (non-hydrogen) atoms. The topological polar surface area (TPSA) is 88.2 Å². The molecule has 0 spiro atoms. The third-order valence-corrected chi connectivity index (χ3v) is 2.76. The number of thioether (sulfide) groups is 1. The zero-order valence-corrected chi connectivity index (χ0v) is 10.1. The van der Waals surface area contributed by atoms with Crippen molar-refractivity contribution in [2.75, 3.05) is 5.75 Å². The first-order valence-corrected chi connectivity index (χ1v) is 5.90. The number of aliphatic hydroxyl groups is 1. The fourth-order valence-corrected chi connectivity index (χ4v) is 1.90. The van der Waals surface area contributed by atoms with Gasteiger partial charge in [0.25, 0.3) is 0 Å². The Morgan fingerprint density at radius 2 is 2.19 bits per heavy atom. The van der Waals surface area contributed by atoms with Crippen LogP contribution in [0.4, 0.5) is 0 Å². The monoisotopic (exact) mass is 245 g/mol. The molecule has 0 bridgehead atoms. The second kappa shape index (κ2) is 5.86. The molecule has 1 rings (SSSR count). The molecule has 0 radical (unpaired) electrons. The molecule has 7 heteroatoms. The Labute approximate surface area is 97.7 Å². The molecule has 0 saturated carbocycles. The van der Waals surface area contributed by atoms with Crippen molar-refractivity contribution in [2.24, 2.45) is 5.92 Å². The number of aliphatic hydroxyl groups excluding tert-OH is 1. The summed E-state index contributed by atoms with van der Waals surface area (Å²) in [6.07, 6.45) is 0. The second-order valence-electron chi connectivity index (χ2n) is 3.74. The van der Waals surface area contributed by atoms with Gasteiger partial charge < -0.3 is 14.8 Å². The number of rotatable bonds is 6. The Hall–Kier alpha value is -1.08. The van der Waals surface area contributed by atoms with Crippen molar-refractivity contribution in [3.8, 4) is 0 Å². The maximum Gasteiger partial charge on any atom is 0.313 e. The van der Waals surface area contributed by atoms with Gasteiger partial charge in [0.05, 0.1) is 5.75 Å². The van der Waals surface area contributed by atoms with Gasteiger partial charge in [-0.3, -0.25) is 4.79 Å². The standard InChI is InChI=1S/C9H15N3O3S/c1-6(2)3-12-7(4-13)10-11-9(12)16-5-8(14)15/h6,13H,3-5H2,1-2H3,(H,14,15). The number of hydrogen-bond acceptors (Lipinski definition) is 5. The number of hydrogen-bond donors (Lipinski definition) is 2. The van der Waals surface area contributed by atoms with Crippen molar-refractivity contribution in [2.45, 2.75) is 32.2 Å². The van der Waals surface area contributed by atoms with E-state index in [2.05, 4.69) is 10.2 Å². The fourth-order valence-electron chi connectivity index (χ4n) is 1.22. The second-order valence-corrected chi connectivity index (χ2v) is 4.69. The minimum Gasteiger partial charge on any atom is -0.481 e. The van der Waals surface area contributed by atoms with Crippen LogP contribution in [0.3, 0.4) is 0 Å². The zero-order chi connectivity index (χ0) is 12.1. The molecule has 6 nitrogen and oxygen atoms in total. The van der Waals surface area contributed by atoms with Crippen molar-refractivity contribution in [1.82, 2.24) is 14.8 Å². The van der Waals surface area contributed by atoms with E-state index in [1.807, 2.05) is 13.8 Å². The van der Waals surface area contributed by atoms with Crippen molar-refractivity contribution < 1.29 is 15.0 Å². The number of aliphatic carboxylic acids is 1. The molecular weight excluding hydrogens is 230 g/mol. The quantitative estimate of drug-likeness (QED) is 0.714. The lowest BCUT2D eigenvalue weighted by Crippen LogP contribution is -2.10. The van der Waals surface area contributed by atoms with Crippen LogP contribution in [0.15, 0.2) is 5.16 Å². The third-order valence-electron chi connectivity index (χ3n) is 1.81. The molecule has 0 aliphatic carbocycles. The summed E-state index contributed by atoms with van der Waals surface area (Å²) in [6, 6.07) is 0. The summed E-state index contributed by atoms with van der Waals surface area (Å²) in [6.45, 7) is 4.55. The summed E-state index contributed by atoms with van der Waals surface area (Å²) in [4.78, 5) is 10.5. The number of carbonyl (C=O) groups is 1. The van der Waals surface area contributed by atoms with E-state index in [0.29, 0.717) is 23.4 Å². The number of carboxylic acids is 1. The smallest absolute Gasteiger partial charge is 0.313 e. The normalized spacial score (nSPS) is 11.0. The Kier molecular flexibility index (Phi) is 4.75. The number of carboxylic acid groups (broad SMARTS) is 1. The Morgan fingerprint density at radius 3 is 2.69 bits per heavy atom. The first-order chi connectivity index (χ1) is 7.54. The van der Waals surface area contributed by atoms with Gasteiger partial charge in [0.2, 0.25) is 0 Å². The van der Waals surface area contributed by atoms with Gasteiger partial charge >= 0.3 is 5.97 Å². The highest BCUT2D eigenvalue weighted by Crippen LogP contribution is 2.18. The lowest BCUT2D eigenvalue weighted by Gasteiger charge is -2.10. The van der Waals surface area contributed by atoms with Gasteiger partial charge in [0.15, 0.2) is 11.0 Å². The fraction of sp³-hybridized carbons (Fsp3) is 0.667. The first-order valence-electron chi connectivity index (χ1n) is 4.92. The first kappa shape index (κ1) is 13.0. The van der Waals surface area contributed by atoms with Gasteiger partial charge in [-0.15, -0.1) is 10.2 Å². The van der Waals surface area contributed by atoms with E-state index in [1.165, 1.54) is 0 Å². The van der Waals surface area contributed by atoms with Crippen LogP contribution in [0.25, 0.3) is 0 Å². The minimum absolute atomic E-state index is 0.0539. The van der Waals surface area contributed by atoms with E-state index in [0.717, 1.165) is 11.8 Å². The minimum atomic E-state index is -0.894. The molecular formula is C9H15N3O3S. The van der Waals surface area contributed by atoms with Crippen molar-refractivity contribution in [1.29, 1.82) is 0 Å². The van der Waals surface area contributed by atoms with Crippen LogP contribution in [0.1, 0.15) is 19.7 Å². The lowest BCUT2D eigenvalue weighted by molar-refractivity contribution is -0.133. The van der Waals surface area contributed by atoms with Crippen LogP contribution in [0, 0.1) is 5.92 Å². The molecule has 1 heterocycles. The van der Waals surface area contributed by atoms with Crippen molar-refractivity contribution in [3.63, 3.8) is 0 Å². The van der Waals surface area contributed by atoms with E-state index < -0.39 is 5.97 Å². The molecule has 0 unspecified atom stereocenters. The average Bonchev–Trinajstić information content (AvgIpc) is 2.56. The van der Waals surface area contributed by atoms with Gasteiger partial charge in [-0.2, -0.15) is 0 Å². The zero-order valence-electron chi connectivity index (χ0n) is 9.25. The maximum atomic E-state index is 10.5.